The first kappa shape index (κ1) is 13.8. The van der Waals surface area contributed by atoms with Crippen molar-refractivity contribution in [3.8, 4) is 0 Å². The van der Waals surface area contributed by atoms with E-state index in [9.17, 15) is 4.79 Å². The molecule has 1 atom stereocenters. The summed E-state index contributed by atoms with van der Waals surface area (Å²) in [6.07, 6.45) is 7.04. The van der Waals surface area contributed by atoms with E-state index in [0.29, 0.717) is 0 Å². The van der Waals surface area contributed by atoms with Crippen molar-refractivity contribution in [1.29, 1.82) is 0 Å². The zero-order valence-corrected chi connectivity index (χ0v) is 11.5. The fourth-order valence-corrected chi connectivity index (χ4v) is 3.30. The number of rotatable bonds is 5. The van der Waals surface area contributed by atoms with E-state index in [1.165, 1.54) is 25.7 Å². The molecule has 0 radical (unpaired) electrons. The summed E-state index contributed by atoms with van der Waals surface area (Å²) in [5, 5.41) is 6.45. The molecule has 4 nitrogen and oxygen atoms in total. The molecular weight excluding hydrogens is 228 g/mol. The molecule has 1 amide bonds. The number of carbonyl (C=O) groups is 1. The van der Waals surface area contributed by atoms with Gasteiger partial charge in [-0.3, -0.25) is 4.79 Å². The first-order chi connectivity index (χ1) is 8.76. The molecule has 1 heterocycles. The number of piperidine rings is 1. The molecule has 1 aliphatic heterocycles. The summed E-state index contributed by atoms with van der Waals surface area (Å²) in [5.41, 5.74) is 0.201. The van der Waals surface area contributed by atoms with Crippen molar-refractivity contribution in [2.75, 3.05) is 33.4 Å². The molecule has 0 bridgehead atoms. The lowest BCUT2D eigenvalue weighted by atomic mass is 9.86. The van der Waals surface area contributed by atoms with Gasteiger partial charge in [-0.1, -0.05) is 12.8 Å². The summed E-state index contributed by atoms with van der Waals surface area (Å²) < 4.78 is 5.34. The molecule has 0 spiro atoms. The standard InChI is InChI=1S/C14H26N2O2/c1-18-11-14(6-2-3-7-14)10-16-13(17)12-5-4-8-15-9-12/h12,15H,2-11H2,1H3,(H,16,17)/t12-/m0/s1. The molecule has 2 rings (SSSR count). The van der Waals surface area contributed by atoms with Gasteiger partial charge in [-0.25, -0.2) is 0 Å². The normalized spacial score (nSPS) is 27.1. The highest BCUT2D eigenvalue weighted by Crippen LogP contribution is 2.37. The Morgan fingerprint density at radius 3 is 2.78 bits per heavy atom. The van der Waals surface area contributed by atoms with Crippen LogP contribution in [0.25, 0.3) is 0 Å². The van der Waals surface area contributed by atoms with Gasteiger partial charge >= 0.3 is 0 Å². The topological polar surface area (TPSA) is 50.4 Å². The molecule has 0 aromatic rings. The summed E-state index contributed by atoms with van der Waals surface area (Å²) >= 11 is 0. The van der Waals surface area contributed by atoms with E-state index in [1.54, 1.807) is 7.11 Å². The van der Waals surface area contributed by atoms with Crippen LogP contribution in [0.4, 0.5) is 0 Å². The third-order valence-electron chi connectivity index (χ3n) is 4.42. The van der Waals surface area contributed by atoms with Crippen LogP contribution in [0.15, 0.2) is 0 Å². The molecule has 1 aliphatic carbocycles. The van der Waals surface area contributed by atoms with Crippen LogP contribution in [0.5, 0.6) is 0 Å². The first-order valence-electron chi connectivity index (χ1n) is 7.23. The molecular formula is C14H26N2O2. The van der Waals surface area contributed by atoms with E-state index in [-0.39, 0.29) is 17.2 Å². The summed E-state index contributed by atoms with van der Waals surface area (Å²) in [7, 11) is 1.76. The molecule has 4 heteroatoms. The smallest absolute Gasteiger partial charge is 0.224 e. The molecule has 2 fully saturated rings. The van der Waals surface area contributed by atoms with Gasteiger partial charge in [0.25, 0.3) is 0 Å². The maximum Gasteiger partial charge on any atom is 0.224 e. The number of hydrogen-bond donors (Lipinski definition) is 2. The van der Waals surface area contributed by atoms with E-state index >= 15 is 0 Å². The Hall–Kier alpha value is -0.610. The van der Waals surface area contributed by atoms with Crippen LogP contribution in [-0.4, -0.2) is 39.3 Å². The minimum absolute atomic E-state index is 0.166. The maximum atomic E-state index is 12.1. The zero-order chi connectivity index (χ0) is 12.8. The molecule has 1 saturated heterocycles. The lowest BCUT2D eigenvalue weighted by Crippen LogP contribution is -2.45. The SMILES string of the molecule is COCC1(CNC(=O)[C@H]2CCCNC2)CCCC1. The van der Waals surface area contributed by atoms with Crippen LogP contribution < -0.4 is 10.6 Å². The number of methoxy groups -OCH3 is 1. The summed E-state index contributed by atoms with van der Waals surface area (Å²) in [5.74, 6) is 0.393. The van der Waals surface area contributed by atoms with Crippen molar-refractivity contribution in [3.63, 3.8) is 0 Å². The van der Waals surface area contributed by atoms with Crippen molar-refractivity contribution < 1.29 is 9.53 Å². The van der Waals surface area contributed by atoms with E-state index in [0.717, 1.165) is 39.1 Å². The third kappa shape index (κ3) is 3.45. The Balaban J connectivity index is 1.79. The van der Waals surface area contributed by atoms with Gasteiger partial charge in [0.1, 0.15) is 0 Å². The van der Waals surface area contributed by atoms with Crippen LogP contribution in [-0.2, 0) is 9.53 Å². The average Bonchev–Trinajstić information content (AvgIpc) is 2.87. The highest BCUT2D eigenvalue weighted by atomic mass is 16.5. The van der Waals surface area contributed by atoms with Crippen LogP contribution in [0.1, 0.15) is 38.5 Å². The second-order valence-electron chi connectivity index (χ2n) is 5.90. The van der Waals surface area contributed by atoms with E-state index in [4.69, 9.17) is 4.74 Å². The van der Waals surface area contributed by atoms with Crippen LogP contribution in [0, 0.1) is 11.3 Å². The minimum atomic E-state index is 0.166. The van der Waals surface area contributed by atoms with E-state index < -0.39 is 0 Å². The molecule has 1 saturated carbocycles. The van der Waals surface area contributed by atoms with Crippen molar-refractivity contribution >= 4 is 5.91 Å². The van der Waals surface area contributed by atoms with Gasteiger partial charge in [-0.05, 0) is 32.2 Å². The quantitative estimate of drug-likeness (QED) is 0.778. The molecule has 2 aliphatic rings. The second kappa shape index (κ2) is 6.53. The monoisotopic (exact) mass is 254 g/mol. The number of ether oxygens (including phenoxy) is 1. The Morgan fingerprint density at radius 1 is 1.39 bits per heavy atom. The predicted molar refractivity (Wildman–Crippen MR) is 71.4 cm³/mol. The summed E-state index contributed by atoms with van der Waals surface area (Å²) in [6, 6.07) is 0. The fraction of sp³-hybridized carbons (Fsp3) is 0.929. The summed E-state index contributed by atoms with van der Waals surface area (Å²) in [6.45, 7) is 3.45. The maximum absolute atomic E-state index is 12.1. The highest BCUT2D eigenvalue weighted by molar-refractivity contribution is 5.79. The molecule has 0 aromatic heterocycles. The van der Waals surface area contributed by atoms with Crippen molar-refractivity contribution in [1.82, 2.24) is 10.6 Å². The Morgan fingerprint density at radius 2 is 2.17 bits per heavy atom. The van der Waals surface area contributed by atoms with Crippen LogP contribution >= 0.6 is 0 Å². The Kier molecular flexibility index (Phi) is 5.01. The molecule has 18 heavy (non-hydrogen) atoms. The van der Waals surface area contributed by atoms with Gasteiger partial charge in [-0.2, -0.15) is 0 Å². The van der Waals surface area contributed by atoms with Crippen LogP contribution in [0.3, 0.4) is 0 Å². The largest absolute Gasteiger partial charge is 0.384 e. The van der Waals surface area contributed by atoms with Crippen molar-refractivity contribution in [2.24, 2.45) is 11.3 Å². The predicted octanol–water partition coefficient (Wildman–Crippen LogP) is 1.31. The van der Waals surface area contributed by atoms with Gasteiger partial charge < -0.3 is 15.4 Å². The molecule has 2 N–H and O–H groups in total. The second-order valence-corrected chi connectivity index (χ2v) is 5.90. The van der Waals surface area contributed by atoms with Gasteiger partial charge in [0.2, 0.25) is 5.91 Å². The van der Waals surface area contributed by atoms with Crippen LogP contribution in [0.2, 0.25) is 0 Å². The van der Waals surface area contributed by atoms with Crippen molar-refractivity contribution in [3.05, 3.63) is 0 Å². The highest BCUT2D eigenvalue weighted by Gasteiger charge is 2.34. The van der Waals surface area contributed by atoms with Gasteiger partial charge in [0, 0.05) is 25.6 Å². The minimum Gasteiger partial charge on any atom is -0.384 e. The Bertz CT molecular complexity index is 269. The number of nitrogens with one attached hydrogen (secondary N) is 2. The number of hydrogen-bond acceptors (Lipinski definition) is 3. The molecule has 0 aromatic carbocycles. The lowest BCUT2D eigenvalue weighted by Gasteiger charge is -2.30. The summed E-state index contributed by atoms with van der Waals surface area (Å²) in [4.78, 5) is 12.1. The molecule has 104 valence electrons. The van der Waals surface area contributed by atoms with Gasteiger partial charge in [0.15, 0.2) is 0 Å². The van der Waals surface area contributed by atoms with E-state index in [1.807, 2.05) is 0 Å². The zero-order valence-electron chi connectivity index (χ0n) is 11.5. The average molecular weight is 254 g/mol. The van der Waals surface area contributed by atoms with E-state index in [2.05, 4.69) is 10.6 Å². The third-order valence-corrected chi connectivity index (χ3v) is 4.42. The molecule has 0 unspecified atom stereocenters. The number of carbonyl (C=O) groups excluding carboxylic acids is 1. The fourth-order valence-electron chi connectivity index (χ4n) is 3.30. The van der Waals surface area contributed by atoms with Gasteiger partial charge in [-0.15, -0.1) is 0 Å². The van der Waals surface area contributed by atoms with Crippen molar-refractivity contribution in [2.45, 2.75) is 38.5 Å². The Labute approximate surface area is 110 Å². The first-order valence-corrected chi connectivity index (χ1v) is 7.23. The van der Waals surface area contributed by atoms with Gasteiger partial charge in [0.05, 0.1) is 12.5 Å². The lowest BCUT2D eigenvalue weighted by molar-refractivity contribution is -0.126. The number of amides is 1.